The molecule has 0 aliphatic heterocycles. The summed E-state index contributed by atoms with van der Waals surface area (Å²) in [7, 11) is 3.20. The number of nitrogens with one attached hydrogen (secondary N) is 1. The Balaban J connectivity index is 2.63. The van der Waals surface area contributed by atoms with Crippen LogP contribution in [0.4, 0.5) is 5.69 Å². The normalized spacial score (nSPS) is 13.7. The maximum atomic E-state index is 12.4. The fourth-order valence-corrected chi connectivity index (χ4v) is 2.19. The van der Waals surface area contributed by atoms with Gasteiger partial charge in [-0.2, -0.15) is 0 Å². The van der Waals surface area contributed by atoms with Crippen LogP contribution < -0.4 is 10.1 Å². The number of amides is 1. The molecule has 0 radical (unpaired) electrons. The first-order chi connectivity index (χ1) is 10.4. The molecule has 0 unspecified atom stereocenters. The molecule has 0 saturated carbocycles. The van der Waals surface area contributed by atoms with Gasteiger partial charge in [-0.1, -0.05) is 13.8 Å². The third-order valence-corrected chi connectivity index (χ3v) is 3.40. The maximum Gasteiger partial charge on any atom is 0.256 e. The summed E-state index contributed by atoms with van der Waals surface area (Å²) in [5, 5.41) is 2.89. The summed E-state index contributed by atoms with van der Waals surface area (Å²) in [6.45, 7) is 6.98. The lowest BCUT2D eigenvalue weighted by molar-refractivity contribution is -0.137. The van der Waals surface area contributed by atoms with Crippen molar-refractivity contribution in [2.24, 2.45) is 5.92 Å². The number of carbonyl (C=O) groups is 1. The topological polar surface area (TPSA) is 56.8 Å². The van der Waals surface area contributed by atoms with E-state index in [2.05, 4.69) is 19.2 Å². The van der Waals surface area contributed by atoms with E-state index < -0.39 is 5.60 Å². The molecule has 5 heteroatoms. The van der Waals surface area contributed by atoms with E-state index in [0.717, 1.165) is 11.4 Å². The zero-order chi connectivity index (χ0) is 16.6. The van der Waals surface area contributed by atoms with Crippen LogP contribution in [-0.2, 0) is 14.3 Å². The van der Waals surface area contributed by atoms with Crippen molar-refractivity contribution in [3.63, 3.8) is 0 Å². The summed E-state index contributed by atoms with van der Waals surface area (Å²) in [6, 6.07) is 7.26. The van der Waals surface area contributed by atoms with Crippen molar-refractivity contribution in [3.8, 4) is 5.75 Å². The van der Waals surface area contributed by atoms with E-state index in [1.807, 2.05) is 31.2 Å². The highest BCUT2D eigenvalue weighted by atomic mass is 16.5. The van der Waals surface area contributed by atoms with E-state index in [-0.39, 0.29) is 5.91 Å². The molecule has 0 fully saturated rings. The van der Waals surface area contributed by atoms with Crippen LogP contribution >= 0.6 is 0 Å². The zero-order valence-corrected chi connectivity index (χ0v) is 14.1. The van der Waals surface area contributed by atoms with E-state index in [1.54, 1.807) is 14.2 Å². The molecule has 22 heavy (non-hydrogen) atoms. The lowest BCUT2D eigenvalue weighted by Crippen LogP contribution is -2.43. The Kier molecular flexibility index (Phi) is 7.35. The molecule has 1 amide bonds. The summed E-state index contributed by atoms with van der Waals surface area (Å²) in [6.07, 6.45) is 0.660. The third kappa shape index (κ3) is 5.66. The molecule has 0 spiro atoms. The molecule has 0 aromatic heterocycles. The summed E-state index contributed by atoms with van der Waals surface area (Å²) in [4.78, 5) is 12.4. The van der Waals surface area contributed by atoms with Crippen molar-refractivity contribution < 1.29 is 19.0 Å². The lowest BCUT2D eigenvalue weighted by Gasteiger charge is -2.28. The first-order valence-electron chi connectivity index (χ1n) is 7.49. The molecule has 0 heterocycles. The molecule has 5 nitrogen and oxygen atoms in total. The van der Waals surface area contributed by atoms with Crippen LogP contribution in [0.3, 0.4) is 0 Å². The summed E-state index contributed by atoms with van der Waals surface area (Å²) < 4.78 is 15.8. The molecule has 0 bridgehead atoms. The van der Waals surface area contributed by atoms with Crippen LogP contribution in [-0.4, -0.2) is 38.9 Å². The van der Waals surface area contributed by atoms with Crippen molar-refractivity contribution in [3.05, 3.63) is 24.3 Å². The molecule has 1 aromatic rings. The van der Waals surface area contributed by atoms with Gasteiger partial charge >= 0.3 is 0 Å². The summed E-state index contributed by atoms with van der Waals surface area (Å²) >= 11 is 0. The smallest absolute Gasteiger partial charge is 0.256 e. The van der Waals surface area contributed by atoms with Crippen molar-refractivity contribution in [2.75, 3.05) is 32.8 Å². The highest BCUT2D eigenvalue weighted by Crippen LogP contribution is 2.23. The van der Waals surface area contributed by atoms with E-state index >= 15 is 0 Å². The fraction of sp³-hybridized carbons (Fsp3) is 0.588. The largest absolute Gasteiger partial charge is 0.491 e. The Morgan fingerprint density at radius 3 is 2.32 bits per heavy atom. The predicted molar refractivity (Wildman–Crippen MR) is 87.3 cm³/mol. The zero-order valence-electron chi connectivity index (χ0n) is 14.1. The molecule has 1 N–H and O–H groups in total. The van der Waals surface area contributed by atoms with Gasteiger partial charge in [-0.25, -0.2) is 0 Å². The van der Waals surface area contributed by atoms with Gasteiger partial charge in [0.2, 0.25) is 0 Å². The van der Waals surface area contributed by atoms with Crippen LogP contribution in [0.2, 0.25) is 0 Å². The second-order valence-corrected chi connectivity index (χ2v) is 5.85. The van der Waals surface area contributed by atoms with Crippen molar-refractivity contribution in [1.29, 1.82) is 0 Å². The molecule has 0 aliphatic rings. The van der Waals surface area contributed by atoms with Gasteiger partial charge in [-0.15, -0.1) is 0 Å². The van der Waals surface area contributed by atoms with Gasteiger partial charge in [0.25, 0.3) is 5.91 Å². The first-order valence-corrected chi connectivity index (χ1v) is 7.49. The number of carbonyl (C=O) groups excluding carboxylic acids is 1. The number of methoxy groups -OCH3 is 2. The average Bonchev–Trinajstić information content (AvgIpc) is 2.48. The van der Waals surface area contributed by atoms with Crippen molar-refractivity contribution in [1.82, 2.24) is 0 Å². The Morgan fingerprint density at radius 1 is 1.18 bits per heavy atom. The molecule has 0 saturated heterocycles. The van der Waals surface area contributed by atoms with E-state index in [1.165, 1.54) is 0 Å². The number of benzene rings is 1. The molecule has 0 aliphatic carbocycles. The van der Waals surface area contributed by atoms with Gasteiger partial charge in [0, 0.05) is 19.9 Å². The van der Waals surface area contributed by atoms with Crippen molar-refractivity contribution >= 4 is 11.6 Å². The molecule has 124 valence electrons. The molecule has 1 aromatic carbocycles. The van der Waals surface area contributed by atoms with E-state index in [4.69, 9.17) is 14.2 Å². The number of anilines is 1. The number of ether oxygens (including phenoxy) is 3. The Labute approximate surface area is 132 Å². The van der Waals surface area contributed by atoms with Crippen LogP contribution in [0.1, 0.15) is 27.2 Å². The number of rotatable bonds is 9. The quantitative estimate of drug-likeness (QED) is 0.712. The van der Waals surface area contributed by atoms with Crippen LogP contribution in [0.5, 0.6) is 5.75 Å². The molecule has 1 rings (SSSR count). The fourth-order valence-electron chi connectivity index (χ4n) is 2.19. The minimum absolute atomic E-state index is 0.142. The highest BCUT2D eigenvalue weighted by Gasteiger charge is 2.33. The van der Waals surface area contributed by atoms with Gasteiger partial charge in [0.05, 0.1) is 6.61 Å². The van der Waals surface area contributed by atoms with Gasteiger partial charge in [-0.3, -0.25) is 4.79 Å². The number of hydrogen-bond donors (Lipinski definition) is 1. The third-order valence-electron chi connectivity index (χ3n) is 3.40. The second-order valence-electron chi connectivity index (χ2n) is 5.85. The standard InChI is InChI=1S/C17H27NO4/c1-13(2)12-17(3,21-5)16(19)18-14-6-8-15(9-7-14)22-11-10-20-4/h6-9,13H,10-12H2,1-5H3,(H,18,19)/t17-/m0/s1. The van der Waals surface area contributed by atoms with Gasteiger partial charge < -0.3 is 19.5 Å². The van der Waals surface area contributed by atoms with Gasteiger partial charge in [0.15, 0.2) is 0 Å². The van der Waals surface area contributed by atoms with E-state index in [9.17, 15) is 4.79 Å². The van der Waals surface area contributed by atoms with Crippen LogP contribution in [0.15, 0.2) is 24.3 Å². The monoisotopic (exact) mass is 309 g/mol. The Bertz CT molecular complexity index is 458. The number of hydrogen-bond acceptors (Lipinski definition) is 4. The minimum atomic E-state index is -0.832. The summed E-state index contributed by atoms with van der Waals surface area (Å²) in [5.74, 6) is 0.968. The second kappa shape index (κ2) is 8.76. The van der Waals surface area contributed by atoms with Crippen LogP contribution in [0.25, 0.3) is 0 Å². The van der Waals surface area contributed by atoms with Crippen LogP contribution in [0, 0.1) is 5.92 Å². The maximum absolute atomic E-state index is 12.4. The van der Waals surface area contributed by atoms with Gasteiger partial charge in [0.1, 0.15) is 18.0 Å². The molecule has 1 atom stereocenters. The predicted octanol–water partition coefficient (Wildman–Crippen LogP) is 3.10. The highest BCUT2D eigenvalue weighted by molar-refractivity contribution is 5.97. The van der Waals surface area contributed by atoms with Gasteiger partial charge in [-0.05, 0) is 43.5 Å². The minimum Gasteiger partial charge on any atom is -0.491 e. The SMILES string of the molecule is COCCOc1ccc(NC(=O)[C@](C)(CC(C)C)OC)cc1. The average molecular weight is 309 g/mol. The molecular formula is C17H27NO4. The van der Waals surface area contributed by atoms with E-state index in [0.29, 0.717) is 25.6 Å². The summed E-state index contributed by atoms with van der Waals surface area (Å²) in [5.41, 5.74) is -0.113. The Morgan fingerprint density at radius 2 is 1.82 bits per heavy atom. The lowest BCUT2D eigenvalue weighted by atomic mass is 9.93. The Hall–Kier alpha value is -1.59. The van der Waals surface area contributed by atoms with Crippen molar-refractivity contribution in [2.45, 2.75) is 32.8 Å². The molecular weight excluding hydrogens is 282 g/mol. The first kappa shape index (κ1) is 18.5.